The minimum absolute atomic E-state index is 0.171. The number of ether oxygens (including phenoxy) is 2. The van der Waals surface area contributed by atoms with Gasteiger partial charge in [0.05, 0.1) is 0 Å². The van der Waals surface area contributed by atoms with Gasteiger partial charge < -0.3 is 9.47 Å². The number of hydrogen-bond donors (Lipinski definition) is 0. The van der Waals surface area contributed by atoms with Crippen LogP contribution in [0.25, 0.3) is 0 Å². The molecule has 0 amide bonds. The van der Waals surface area contributed by atoms with Gasteiger partial charge in [0.1, 0.15) is 0 Å². The third-order valence-electron chi connectivity index (χ3n) is 2.09. The summed E-state index contributed by atoms with van der Waals surface area (Å²) in [5.41, 5.74) is 0.397. The Kier molecular flexibility index (Phi) is 4.21. The average molecular weight is 288 g/mol. The van der Waals surface area contributed by atoms with Crippen LogP contribution < -0.4 is 9.47 Å². The van der Waals surface area contributed by atoms with Gasteiger partial charge in [-0.05, 0) is 23.6 Å². The van der Waals surface area contributed by atoms with E-state index < -0.39 is 24.2 Å². The molecule has 0 unspecified atom stereocenters. The van der Waals surface area contributed by atoms with E-state index in [9.17, 15) is 26.3 Å². The number of rotatable bonds is 3. The van der Waals surface area contributed by atoms with E-state index in [1.54, 1.807) is 13.8 Å². The van der Waals surface area contributed by atoms with E-state index >= 15 is 0 Å². The second-order valence-electron chi connectivity index (χ2n) is 3.96. The van der Waals surface area contributed by atoms with Gasteiger partial charge in [0, 0.05) is 0 Å². The van der Waals surface area contributed by atoms with Gasteiger partial charge in [-0.15, -0.1) is 26.3 Å². The van der Waals surface area contributed by atoms with E-state index in [1.807, 2.05) is 0 Å². The van der Waals surface area contributed by atoms with Crippen LogP contribution in [0, 0.1) is 0 Å². The number of benzene rings is 1. The van der Waals surface area contributed by atoms with Crippen molar-refractivity contribution >= 4 is 0 Å². The fourth-order valence-corrected chi connectivity index (χ4v) is 1.30. The van der Waals surface area contributed by atoms with Gasteiger partial charge in [-0.25, -0.2) is 0 Å². The van der Waals surface area contributed by atoms with Crippen molar-refractivity contribution in [2.75, 3.05) is 0 Å². The fourth-order valence-electron chi connectivity index (χ4n) is 1.30. The van der Waals surface area contributed by atoms with E-state index in [2.05, 4.69) is 9.47 Å². The summed E-state index contributed by atoms with van der Waals surface area (Å²) >= 11 is 0. The molecule has 1 aromatic carbocycles. The van der Waals surface area contributed by atoms with Gasteiger partial charge in [0.2, 0.25) is 0 Å². The first kappa shape index (κ1) is 15.5. The van der Waals surface area contributed by atoms with Crippen LogP contribution in [0.1, 0.15) is 25.3 Å². The quantitative estimate of drug-likeness (QED) is 0.756. The van der Waals surface area contributed by atoms with Gasteiger partial charge >= 0.3 is 12.7 Å². The molecule has 19 heavy (non-hydrogen) atoms. The fraction of sp³-hybridized carbons (Fsp3) is 0.455. The Labute approximate surface area is 104 Å². The molecule has 0 aliphatic heterocycles. The van der Waals surface area contributed by atoms with Gasteiger partial charge in [0.15, 0.2) is 11.5 Å². The molecule has 1 rings (SSSR count). The Hall–Kier alpha value is -1.60. The summed E-state index contributed by atoms with van der Waals surface area (Å²) in [5.74, 6) is -2.22. The Morgan fingerprint density at radius 3 is 1.74 bits per heavy atom. The molecule has 0 aromatic heterocycles. The van der Waals surface area contributed by atoms with E-state index in [0.29, 0.717) is 5.56 Å². The third kappa shape index (κ3) is 5.27. The van der Waals surface area contributed by atoms with Crippen molar-refractivity contribution < 1.29 is 35.8 Å². The molecule has 0 saturated heterocycles. The topological polar surface area (TPSA) is 18.5 Å². The van der Waals surface area contributed by atoms with Crippen LogP contribution in [0.3, 0.4) is 0 Å². The molecule has 1 aromatic rings. The summed E-state index contributed by atoms with van der Waals surface area (Å²) in [6.07, 6.45) is -10.2. The predicted octanol–water partition coefficient (Wildman–Crippen LogP) is 4.61. The predicted molar refractivity (Wildman–Crippen MR) is 53.9 cm³/mol. The number of halogens is 6. The highest BCUT2D eigenvalue weighted by Gasteiger charge is 2.36. The van der Waals surface area contributed by atoms with E-state index in [1.165, 1.54) is 6.07 Å². The number of alkyl halides is 6. The lowest BCUT2D eigenvalue weighted by Crippen LogP contribution is -2.21. The molecule has 0 bridgehead atoms. The maximum absolute atomic E-state index is 12.1. The Morgan fingerprint density at radius 2 is 1.32 bits per heavy atom. The van der Waals surface area contributed by atoms with Crippen LogP contribution in [0.5, 0.6) is 11.5 Å². The minimum atomic E-state index is -5.10. The van der Waals surface area contributed by atoms with Crippen molar-refractivity contribution in [2.24, 2.45) is 0 Å². The smallest absolute Gasteiger partial charge is 0.402 e. The molecule has 0 spiro atoms. The molecule has 108 valence electrons. The zero-order valence-electron chi connectivity index (χ0n) is 9.89. The molecule has 0 radical (unpaired) electrons. The van der Waals surface area contributed by atoms with Gasteiger partial charge in [-0.2, -0.15) is 0 Å². The molecule has 0 fully saturated rings. The summed E-state index contributed by atoms with van der Waals surface area (Å²) in [5, 5.41) is 0. The lowest BCUT2D eigenvalue weighted by atomic mass is 10.0. The second kappa shape index (κ2) is 5.18. The van der Waals surface area contributed by atoms with E-state index in [4.69, 9.17) is 0 Å². The molecule has 0 atom stereocenters. The molecular formula is C11H10F6O2. The van der Waals surface area contributed by atoms with Crippen molar-refractivity contribution in [1.82, 2.24) is 0 Å². The first-order valence-corrected chi connectivity index (χ1v) is 5.13. The maximum Gasteiger partial charge on any atom is 0.573 e. The Morgan fingerprint density at radius 1 is 0.842 bits per heavy atom. The average Bonchev–Trinajstić information content (AvgIpc) is 2.15. The second-order valence-corrected chi connectivity index (χ2v) is 3.96. The Bertz CT molecular complexity index is 436. The zero-order chi connectivity index (χ0) is 14.8. The first-order valence-electron chi connectivity index (χ1n) is 5.13. The van der Waals surface area contributed by atoms with Gasteiger partial charge in [-0.3, -0.25) is 0 Å². The van der Waals surface area contributed by atoms with Crippen LogP contribution in [0.2, 0.25) is 0 Å². The molecule has 0 saturated carbocycles. The Balaban J connectivity index is 3.15. The molecule has 8 heteroatoms. The van der Waals surface area contributed by atoms with Crippen molar-refractivity contribution in [2.45, 2.75) is 32.5 Å². The monoisotopic (exact) mass is 288 g/mol. The van der Waals surface area contributed by atoms with Crippen LogP contribution in [0.4, 0.5) is 26.3 Å². The van der Waals surface area contributed by atoms with E-state index in [-0.39, 0.29) is 5.92 Å². The summed E-state index contributed by atoms with van der Waals surface area (Å²) in [4.78, 5) is 0. The molecule has 0 aliphatic carbocycles. The van der Waals surface area contributed by atoms with Crippen molar-refractivity contribution in [3.63, 3.8) is 0 Å². The van der Waals surface area contributed by atoms with E-state index in [0.717, 1.165) is 12.1 Å². The van der Waals surface area contributed by atoms with Gasteiger partial charge in [-0.1, -0.05) is 19.9 Å². The normalized spacial score (nSPS) is 12.7. The molecule has 0 aliphatic rings. The van der Waals surface area contributed by atoms with Crippen LogP contribution in [-0.4, -0.2) is 12.7 Å². The zero-order valence-corrected chi connectivity index (χ0v) is 9.89. The summed E-state index contributed by atoms with van der Waals surface area (Å²) < 4.78 is 79.6. The molecule has 0 heterocycles. The standard InChI is InChI=1S/C11H10F6O2/c1-6(2)7-3-4-8(18-10(12,13)14)9(5-7)19-11(15,16)17/h3-6H,1-2H3. The summed E-state index contributed by atoms with van der Waals surface area (Å²) in [6, 6.07) is 2.91. The summed E-state index contributed by atoms with van der Waals surface area (Å²) in [7, 11) is 0. The van der Waals surface area contributed by atoms with Crippen LogP contribution in [-0.2, 0) is 0 Å². The summed E-state index contributed by atoms with van der Waals surface area (Å²) in [6.45, 7) is 3.36. The third-order valence-corrected chi connectivity index (χ3v) is 2.09. The first-order chi connectivity index (χ1) is 8.48. The largest absolute Gasteiger partial charge is 0.573 e. The molecule has 2 nitrogen and oxygen atoms in total. The van der Waals surface area contributed by atoms with Crippen LogP contribution >= 0.6 is 0 Å². The minimum Gasteiger partial charge on any atom is -0.402 e. The maximum atomic E-state index is 12.1. The molecule has 0 N–H and O–H groups in total. The van der Waals surface area contributed by atoms with Crippen molar-refractivity contribution in [1.29, 1.82) is 0 Å². The van der Waals surface area contributed by atoms with Gasteiger partial charge in [0.25, 0.3) is 0 Å². The highest BCUT2D eigenvalue weighted by molar-refractivity contribution is 5.44. The lowest BCUT2D eigenvalue weighted by molar-refractivity contribution is -0.287. The highest BCUT2D eigenvalue weighted by atomic mass is 19.4. The van der Waals surface area contributed by atoms with Crippen LogP contribution in [0.15, 0.2) is 18.2 Å². The number of hydrogen-bond acceptors (Lipinski definition) is 2. The molecular weight excluding hydrogens is 278 g/mol. The van der Waals surface area contributed by atoms with Crippen molar-refractivity contribution in [3.05, 3.63) is 23.8 Å². The SMILES string of the molecule is CC(C)c1ccc(OC(F)(F)F)c(OC(F)(F)F)c1. The van der Waals surface area contributed by atoms with Crippen molar-refractivity contribution in [3.8, 4) is 11.5 Å². The lowest BCUT2D eigenvalue weighted by Gasteiger charge is -2.17. The highest BCUT2D eigenvalue weighted by Crippen LogP contribution is 2.37.